The van der Waals surface area contributed by atoms with Crippen LogP contribution in [0.4, 0.5) is 0 Å². The fourth-order valence-electron chi connectivity index (χ4n) is 2.73. The van der Waals surface area contributed by atoms with Crippen LogP contribution in [0.25, 0.3) is 0 Å². The fourth-order valence-corrected chi connectivity index (χ4v) is 2.73. The molecule has 1 aliphatic carbocycles. The van der Waals surface area contributed by atoms with Crippen molar-refractivity contribution in [2.45, 2.75) is 38.0 Å². The van der Waals surface area contributed by atoms with Crippen LogP contribution in [-0.4, -0.2) is 25.5 Å². The molecule has 0 amide bonds. The highest BCUT2D eigenvalue weighted by Crippen LogP contribution is 2.40. The molecule has 18 heavy (non-hydrogen) atoms. The Morgan fingerprint density at radius 3 is 2.61 bits per heavy atom. The molecule has 0 saturated heterocycles. The summed E-state index contributed by atoms with van der Waals surface area (Å²) >= 11 is 0. The third-order valence-electron chi connectivity index (χ3n) is 3.69. The fraction of sp³-hybridized carbons (Fsp3) is 0.533. The van der Waals surface area contributed by atoms with E-state index in [0.717, 1.165) is 29.7 Å². The second kappa shape index (κ2) is 5.89. The van der Waals surface area contributed by atoms with Crippen LogP contribution in [0.15, 0.2) is 17.1 Å². The van der Waals surface area contributed by atoms with Crippen LogP contribution >= 0.6 is 0 Å². The van der Waals surface area contributed by atoms with Crippen molar-refractivity contribution >= 4 is 6.21 Å². The molecule has 0 heterocycles. The average Bonchev–Trinajstić information content (AvgIpc) is 2.42. The molecule has 1 aliphatic rings. The van der Waals surface area contributed by atoms with E-state index in [2.05, 4.69) is 4.99 Å². The monoisotopic (exact) mass is 247 g/mol. The molecular weight excluding hydrogens is 226 g/mol. The highest BCUT2D eigenvalue weighted by molar-refractivity contribution is 5.85. The number of methoxy groups -OCH3 is 1. The maximum atomic E-state index is 10.3. The Bertz CT molecular complexity index is 434. The van der Waals surface area contributed by atoms with Gasteiger partial charge in [-0.3, -0.25) is 4.99 Å². The number of benzene rings is 1. The van der Waals surface area contributed by atoms with E-state index >= 15 is 0 Å². The number of hydrogen-bond acceptors (Lipinski definition) is 3. The Morgan fingerprint density at radius 1 is 1.28 bits per heavy atom. The average molecular weight is 247 g/mol. The van der Waals surface area contributed by atoms with Gasteiger partial charge in [-0.15, -0.1) is 0 Å². The minimum absolute atomic E-state index is 0.369. The van der Waals surface area contributed by atoms with Crippen LogP contribution in [-0.2, 0) is 0 Å². The van der Waals surface area contributed by atoms with Crippen LogP contribution in [0.2, 0.25) is 0 Å². The van der Waals surface area contributed by atoms with Gasteiger partial charge in [0.2, 0.25) is 0 Å². The van der Waals surface area contributed by atoms with E-state index in [4.69, 9.17) is 4.74 Å². The summed E-state index contributed by atoms with van der Waals surface area (Å²) < 4.78 is 5.31. The standard InChI is InChI=1S/C15H21NO2/c1-16-10-12-8-13(18-2)9-14(15(12)17)11-6-4-3-5-7-11/h8-11,17H,3-7H2,1-2H3. The Morgan fingerprint density at radius 2 is 2.00 bits per heavy atom. The number of hydrogen-bond donors (Lipinski definition) is 1. The van der Waals surface area contributed by atoms with Gasteiger partial charge in [-0.25, -0.2) is 0 Å². The van der Waals surface area contributed by atoms with Crippen LogP contribution in [0, 0.1) is 0 Å². The summed E-state index contributed by atoms with van der Waals surface area (Å²) in [5, 5.41) is 10.3. The number of ether oxygens (including phenoxy) is 1. The molecule has 3 nitrogen and oxygen atoms in total. The van der Waals surface area contributed by atoms with Gasteiger partial charge >= 0.3 is 0 Å². The normalized spacial score (nSPS) is 17.2. The zero-order valence-electron chi connectivity index (χ0n) is 11.1. The van der Waals surface area contributed by atoms with Gasteiger partial charge in [0, 0.05) is 24.4 Å². The Hall–Kier alpha value is -1.51. The Kier molecular flexibility index (Phi) is 4.24. The Balaban J connectivity index is 2.40. The maximum Gasteiger partial charge on any atom is 0.128 e. The van der Waals surface area contributed by atoms with E-state index in [1.165, 1.54) is 19.3 Å². The van der Waals surface area contributed by atoms with Crippen molar-refractivity contribution in [3.05, 3.63) is 23.3 Å². The minimum atomic E-state index is 0.369. The molecule has 0 aromatic heterocycles. The lowest BCUT2D eigenvalue weighted by atomic mass is 9.83. The van der Waals surface area contributed by atoms with Crippen molar-refractivity contribution in [3.8, 4) is 11.5 Å². The molecule has 3 heteroatoms. The number of phenolic OH excluding ortho intramolecular Hbond substituents is 1. The number of nitrogens with zero attached hydrogens (tertiary/aromatic N) is 1. The van der Waals surface area contributed by atoms with Gasteiger partial charge in [0.1, 0.15) is 11.5 Å². The number of phenols is 1. The second-order valence-electron chi connectivity index (χ2n) is 4.88. The molecule has 0 aliphatic heterocycles. The second-order valence-corrected chi connectivity index (χ2v) is 4.88. The van der Waals surface area contributed by atoms with Crippen molar-refractivity contribution < 1.29 is 9.84 Å². The van der Waals surface area contributed by atoms with E-state index in [1.54, 1.807) is 20.4 Å². The highest BCUT2D eigenvalue weighted by Gasteiger charge is 2.21. The molecule has 0 bridgehead atoms. The number of aromatic hydroxyl groups is 1. The first-order valence-electron chi connectivity index (χ1n) is 6.59. The molecule has 0 radical (unpaired) electrons. The summed E-state index contributed by atoms with van der Waals surface area (Å²) in [6.45, 7) is 0. The third kappa shape index (κ3) is 2.66. The van der Waals surface area contributed by atoms with Gasteiger partial charge in [0.25, 0.3) is 0 Å². The van der Waals surface area contributed by atoms with Crippen molar-refractivity contribution in [2.75, 3.05) is 14.2 Å². The topological polar surface area (TPSA) is 41.8 Å². The lowest BCUT2D eigenvalue weighted by Crippen LogP contribution is -2.06. The molecule has 0 unspecified atom stereocenters. The van der Waals surface area contributed by atoms with Crippen LogP contribution in [0.5, 0.6) is 11.5 Å². The third-order valence-corrected chi connectivity index (χ3v) is 3.69. The van der Waals surface area contributed by atoms with E-state index in [0.29, 0.717) is 11.7 Å². The first-order chi connectivity index (χ1) is 8.76. The van der Waals surface area contributed by atoms with Crippen molar-refractivity contribution in [1.82, 2.24) is 0 Å². The molecular formula is C15H21NO2. The van der Waals surface area contributed by atoms with E-state index < -0.39 is 0 Å². The van der Waals surface area contributed by atoms with Gasteiger partial charge in [0.05, 0.1) is 7.11 Å². The van der Waals surface area contributed by atoms with Crippen molar-refractivity contribution in [2.24, 2.45) is 4.99 Å². The SMILES string of the molecule is CN=Cc1cc(OC)cc(C2CCCCC2)c1O. The summed E-state index contributed by atoms with van der Waals surface area (Å²) in [6, 6.07) is 3.80. The first kappa shape index (κ1) is 12.9. The summed E-state index contributed by atoms with van der Waals surface area (Å²) in [5.41, 5.74) is 1.77. The lowest BCUT2D eigenvalue weighted by Gasteiger charge is -2.23. The number of rotatable bonds is 3. The van der Waals surface area contributed by atoms with E-state index in [-0.39, 0.29) is 0 Å². The molecule has 1 N–H and O–H groups in total. The lowest BCUT2D eigenvalue weighted by molar-refractivity contribution is 0.396. The summed E-state index contributed by atoms with van der Waals surface area (Å²) in [7, 11) is 3.36. The zero-order valence-corrected chi connectivity index (χ0v) is 11.1. The van der Waals surface area contributed by atoms with Gasteiger partial charge in [-0.1, -0.05) is 19.3 Å². The van der Waals surface area contributed by atoms with E-state index in [1.807, 2.05) is 12.1 Å². The van der Waals surface area contributed by atoms with Gasteiger partial charge in [-0.05, 0) is 30.9 Å². The highest BCUT2D eigenvalue weighted by atomic mass is 16.5. The molecule has 0 spiro atoms. The Labute approximate surface area is 109 Å². The summed E-state index contributed by atoms with van der Waals surface area (Å²) in [6.07, 6.45) is 7.80. The largest absolute Gasteiger partial charge is 0.507 e. The quantitative estimate of drug-likeness (QED) is 0.831. The molecule has 2 rings (SSSR count). The summed E-state index contributed by atoms with van der Waals surface area (Å²) in [4.78, 5) is 3.99. The van der Waals surface area contributed by atoms with Crippen LogP contribution in [0.1, 0.15) is 49.1 Å². The minimum Gasteiger partial charge on any atom is -0.507 e. The molecule has 1 fully saturated rings. The van der Waals surface area contributed by atoms with Crippen LogP contribution in [0.3, 0.4) is 0 Å². The van der Waals surface area contributed by atoms with Crippen molar-refractivity contribution in [3.63, 3.8) is 0 Å². The molecule has 0 atom stereocenters. The maximum absolute atomic E-state index is 10.3. The number of aliphatic imine (C=N–C) groups is 1. The smallest absolute Gasteiger partial charge is 0.128 e. The van der Waals surface area contributed by atoms with Gasteiger partial charge in [-0.2, -0.15) is 0 Å². The van der Waals surface area contributed by atoms with Crippen molar-refractivity contribution in [1.29, 1.82) is 0 Å². The molecule has 98 valence electrons. The zero-order chi connectivity index (χ0) is 13.0. The van der Waals surface area contributed by atoms with Crippen LogP contribution < -0.4 is 4.74 Å². The predicted molar refractivity (Wildman–Crippen MR) is 74.0 cm³/mol. The van der Waals surface area contributed by atoms with Gasteiger partial charge < -0.3 is 9.84 Å². The summed E-state index contributed by atoms with van der Waals surface area (Å²) in [5.74, 6) is 1.62. The molecule has 1 aromatic carbocycles. The molecule has 1 saturated carbocycles. The predicted octanol–water partition coefficient (Wildman–Crippen LogP) is 3.50. The van der Waals surface area contributed by atoms with E-state index in [9.17, 15) is 5.11 Å². The van der Waals surface area contributed by atoms with Gasteiger partial charge in [0.15, 0.2) is 0 Å². The molecule has 1 aromatic rings. The first-order valence-corrected chi connectivity index (χ1v) is 6.59.